The van der Waals surface area contributed by atoms with Gasteiger partial charge in [-0.25, -0.2) is 0 Å². The first-order valence-corrected chi connectivity index (χ1v) is 23.5. The SMILES string of the molecule is C=CC(/C=C/CC/C=C/c1ccc(CCC(N)C(N)C(N)CCC(C)(CCCC)c2ccc(C)cc2)cc1)=C\C=C(/C)C(=C)CCC(N)C(N)C(N)CCc1ccc(CC)cc1. The molecular weight excluding hydrogens is 757 g/mol. The lowest BCUT2D eigenvalue weighted by Gasteiger charge is -2.33. The third-order valence-corrected chi connectivity index (χ3v) is 13.0. The normalized spacial score (nSPS) is 16.5. The molecule has 7 unspecified atom stereocenters. The second-order valence-corrected chi connectivity index (χ2v) is 18.1. The first-order chi connectivity index (χ1) is 29.7. The maximum absolute atomic E-state index is 6.69. The molecule has 7 atom stereocenters. The van der Waals surface area contributed by atoms with E-state index in [4.69, 9.17) is 34.4 Å². The molecule has 0 fully saturated rings. The molecule has 0 saturated carbocycles. The first-order valence-electron chi connectivity index (χ1n) is 23.5. The minimum absolute atomic E-state index is 0.0878. The third-order valence-electron chi connectivity index (χ3n) is 13.0. The van der Waals surface area contributed by atoms with Crippen molar-refractivity contribution in [1.82, 2.24) is 0 Å². The zero-order chi connectivity index (χ0) is 45.5. The average molecular weight is 841 g/mol. The second kappa shape index (κ2) is 27.8. The lowest BCUT2D eigenvalue weighted by Crippen LogP contribution is -2.53. The molecule has 0 radical (unpaired) electrons. The summed E-state index contributed by atoms with van der Waals surface area (Å²) in [6.07, 6.45) is 28.0. The molecule has 0 heterocycles. The Labute approximate surface area is 377 Å². The molecule has 0 aliphatic carbocycles. The molecule has 0 spiro atoms. The van der Waals surface area contributed by atoms with Gasteiger partial charge < -0.3 is 34.4 Å². The molecule has 0 saturated heterocycles. The van der Waals surface area contributed by atoms with Crippen LogP contribution in [0.25, 0.3) is 6.08 Å². The van der Waals surface area contributed by atoms with Crippen LogP contribution in [-0.4, -0.2) is 36.3 Å². The van der Waals surface area contributed by atoms with E-state index in [1.54, 1.807) is 0 Å². The molecule has 6 nitrogen and oxygen atoms in total. The summed E-state index contributed by atoms with van der Waals surface area (Å²) in [5.74, 6) is 0. The smallest absolute Gasteiger partial charge is 0.0346 e. The van der Waals surface area contributed by atoms with Crippen molar-refractivity contribution in [1.29, 1.82) is 0 Å². The van der Waals surface area contributed by atoms with Gasteiger partial charge in [-0.3, -0.25) is 0 Å². The van der Waals surface area contributed by atoms with Gasteiger partial charge in [0.2, 0.25) is 0 Å². The van der Waals surface area contributed by atoms with Gasteiger partial charge in [0.15, 0.2) is 0 Å². The highest BCUT2D eigenvalue weighted by molar-refractivity contribution is 5.49. The van der Waals surface area contributed by atoms with Gasteiger partial charge >= 0.3 is 0 Å². The van der Waals surface area contributed by atoms with E-state index in [1.165, 1.54) is 46.2 Å². The molecule has 3 aromatic carbocycles. The lowest BCUT2D eigenvalue weighted by atomic mass is 9.73. The van der Waals surface area contributed by atoms with Gasteiger partial charge in [-0.05, 0) is 135 Å². The Hall–Kier alpha value is -4.14. The Kier molecular flexibility index (Phi) is 23.4. The molecule has 3 aromatic rings. The number of benzene rings is 3. The molecule has 6 heteroatoms. The maximum Gasteiger partial charge on any atom is 0.0346 e. The number of rotatable bonds is 29. The highest BCUT2D eigenvalue weighted by atomic mass is 14.9. The summed E-state index contributed by atoms with van der Waals surface area (Å²) < 4.78 is 0. The van der Waals surface area contributed by atoms with Crippen molar-refractivity contribution in [2.24, 2.45) is 34.4 Å². The fourth-order valence-electron chi connectivity index (χ4n) is 7.93. The lowest BCUT2D eigenvalue weighted by molar-refractivity contribution is 0.330. The maximum atomic E-state index is 6.69. The van der Waals surface area contributed by atoms with Gasteiger partial charge in [-0.15, -0.1) is 0 Å². The number of hydrogen-bond acceptors (Lipinski definition) is 6. The fourth-order valence-corrected chi connectivity index (χ4v) is 7.93. The summed E-state index contributed by atoms with van der Waals surface area (Å²) in [4.78, 5) is 0. The van der Waals surface area contributed by atoms with Crippen molar-refractivity contribution >= 4 is 6.08 Å². The molecule has 338 valence electrons. The van der Waals surface area contributed by atoms with Crippen LogP contribution in [0.5, 0.6) is 0 Å². The zero-order valence-electron chi connectivity index (χ0n) is 39.2. The van der Waals surface area contributed by atoms with E-state index in [9.17, 15) is 0 Å². The van der Waals surface area contributed by atoms with Crippen molar-refractivity contribution in [3.8, 4) is 0 Å². The summed E-state index contributed by atoms with van der Waals surface area (Å²) in [5.41, 5.74) is 50.5. The quantitative estimate of drug-likeness (QED) is 0.0302. The number of allylic oxidation sites excluding steroid dienone is 9. The van der Waals surface area contributed by atoms with Gasteiger partial charge in [0, 0.05) is 36.3 Å². The van der Waals surface area contributed by atoms with Crippen molar-refractivity contribution in [3.05, 3.63) is 173 Å². The standard InChI is InChI=1S/C56H84N6/c1-8-11-39-56(7,49-33-18-41(4)19-34-49)40-38-53(60)55(62)52(59)37-32-48-29-27-46(28-30-48)17-15-13-12-14-16-44(9-2)22-20-42(5)43(6)21-35-50(57)54(61)51(58)36-31-47-25-23-45(10-3)24-26-47/h9,14-20,22-30,33-34,50-55H,2,6,8,10-13,21,31-32,35-40,57-62H2,1,3-5,7H3/b16-14+,17-15+,42-20+,44-22+. The Bertz CT molecular complexity index is 1870. The van der Waals surface area contributed by atoms with Gasteiger partial charge in [0.25, 0.3) is 0 Å². The summed E-state index contributed by atoms with van der Waals surface area (Å²) in [5, 5.41) is 0. The van der Waals surface area contributed by atoms with Crippen molar-refractivity contribution in [2.75, 3.05) is 0 Å². The highest BCUT2D eigenvalue weighted by Crippen LogP contribution is 2.35. The molecule has 12 N–H and O–H groups in total. The van der Waals surface area contributed by atoms with E-state index in [0.717, 1.165) is 93.8 Å². The van der Waals surface area contributed by atoms with Gasteiger partial charge in [0.1, 0.15) is 0 Å². The number of nitrogens with two attached hydrogens (primary N) is 6. The van der Waals surface area contributed by atoms with Crippen LogP contribution in [0.1, 0.15) is 132 Å². The van der Waals surface area contributed by atoms with Crippen LogP contribution in [0.4, 0.5) is 0 Å². The van der Waals surface area contributed by atoms with E-state index < -0.39 is 0 Å². The van der Waals surface area contributed by atoms with Crippen molar-refractivity contribution in [2.45, 2.75) is 166 Å². The van der Waals surface area contributed by atoms with E-state index in [-0.39, 0.29) is 41.7 Å². The van der Waals surface area contributed by atoms with Gasteiger partial charge in [-0.1, -0.05) is 173 Å². The van der Waals surface area contributed by atoms with Crippen LogP contribution in [0.2, 0.25) is 0 Å². The van der Waals surface area contributed by atoms with Crippen LogP contribution in [0, 0.1) is 6.92 Å². The van der Waals surface area contributed by atoms with Gasteiger partial charge in [0.05, 0.1) is 0 Å². The number of unbranched alkanes of at least 4 members (excludes halogenated alkanes) is 2. The minimum Gasteiger partial charge on any atom is -0.326 e. The molecule has 0 amide bonds. The summed E-state index contributed by atoms with van der Waals surface area (Å²) >= 11 is 0. The highest BCUT2D eigenvalue weighted by Gasteiger charge is 2.29. The Morgan fingerprint density at radius 1 is 0.661 bits per heavy atom. The number of aryl methyl sites for hydroxylation is 4. The average Bonchev–Trinajstić information content (AvgIpc) is 3.29. The predicted octanol–water partition coefficient (Wildman–Crippen LogP) is 10.8. The van der Waals surface area contributed by atoms with E-state index >= 15 is 0 Å². The van der Waals surface area contributed by atoms with Crippen LogP contribution in [-0.2, 0) is 24.7 Å². The van der Waals surface area contributed by atoms with Gasteiger partial charge in [-0.2, -0.15) is 0 Å². The molecule has 0 aromatic heterocycles. The molecular formula is C56H84N6. The third kappa shape index (κ3) is 18.3. The second-order valence-electron chi connectivity index (χ2n) is 18.1. The van der Waals surface area contributed by atoms with Crippen LogP contribution >= 0.6 is 0 Å². The topological polar surface area (TPSA) is 156 Å². The van der Waals surface area contributed by atoms with E-state index in [1.807, 2.05) is 6.08 Å². The van der Waals surface area contributed by atoms with Crippen molar-refractivity contribution < 1.29 is 0 Å². The summed E-state index contributed by atoms with van der Waals surface area (Å²) in [6.45, 7) is 19.3. The molecule has 0 aliphatic heterocycles. The predicted molar refractivity (Wildman–Crippen MR) is 272 cm³/mol. The van der Waals surface area contributed by atoms with E-state index in [2.05, 4.69) is 157 Å². The molecule has 62 heavy (non-hydrogen) atoms. The molecule has 0 aliphatic rings. The van der Waals surface area contributed by atoms with Crippen LogP contribution in [0.15, 0.2) is 139 Å². The Balaban J connectivity index is 1.37. The monoisotopic (exact) mass is 841 g/mol. The summed E-state index contributed by atoms with van der Waals surface area (Å²) in [7, 11) is 0. The first kappa shape index (κ1) is 52.2. The number of hydrogen-bond donors (Lipinski definition) is 6. The van der Waals surface area contributed by atoms with Crippen molar-refractivity contribution in [3.63, 3.8) is 0 Å². The largest absolute Gasteiger partial charge is 0.326 e. The molecule has 3 rings (SSSR count). The Morgan fingerprint density at radius 3 is 1.76 bits per heavy atom. The minimum atomic E-state index is -0.260. The molecule has 0 bridgehead atoms. The summed E-state index contributed by atoms with van der Waals surface area (Å²) in [6, 6.07) is 25.4. The zero-order valence-corrected chi connectivity index (χ0v) is 39.2. The van der Waals surface area contributed by atoms with Crippen LogP contribution < -0.4 is 34.4 Å². The van der Waals surface area contributed by atoms with Crippen LogP contribution in [0.3, 0.4) is 0 Å². The Morgan fingerprint density at radius 2 is 1.19 bits per heavy atom. The van der Waals surface area contributed by atoms with E-state index in [0.29, 0.717) is 0 Å². The fraction of sp³-hybridized carbons (Fsp3) is 0.464.